The minimum absolute atomic E-state index is 0.0271. The van der Waals surface area contributed by atoms with Gasteiger partial charge in [0.25, 0.3) is 0 Å². The second kappa shape index (κ2) is 5.81. The number of nitrogens with zero attached hydrogens (tertiary/aromatic N) is 2. The normalized spacial score (nSPS) is 18.5. The van der Waals surface area contributed by atoms with Gasteiger partial charge in [-0.25, -0.2) is 9.89 Å². The van der Waals surface area contributed by atoms with E-state index in [9.17, 15) is 9.59 Å². The summed E-state index contributed by atoms with van der Waals surface area (Å²) in [4.78, 5) is 27.4. The molecule has 0 bridgehead atoms. The average molecular weight is 253 g/mol. The summed E-state index contributed by atoms with van der Waals surface area (Å²) in [6.07, 6.45) is 3.56. The highest BCUT2D eigenvalue weighted by Gasteiger charge is 2.22. The molecular formula is C11H19N5O2. The van der Waals surface area contributed by atoms with Crippen molar-refractivity contribution in [1.82, 2.24) is 25.4 Å². The summed E-state index contributed by atoms with van der Waals surface area (Å²) in [5.41, 5.74) is -0.358. The molecule has 0 aliphatic carbocycles. The van der Waals surface area contributed by atoms with Gasteiger partial charge < -0.3 is 5.32 Å². The topological polar surface area (TPSA) is 93.9 Å². The van der Waals surface area contributed by atoms with Crippen LogP contribution in [0.25, 0.3) is 0 Å². The molecule has 18 heavy (non-hydrogen) atoms. The highest BCUT2D eigenvalue weighted by Crippen LogP contribution is 2.11. The molecule has 1 aromatic heterocycles. The lowest BCUT2D eigenvalue weighted by molar-refractivity contribution is -0.126. The van der Waals surface area contributed by atoms with Crippen molar-refractivity contribution in [3.63, 3.8) is 0 Å². The quantitative estimate of drug-likeness (QED) is 0.680. The molecule has 0 unspecified atom stereocenters. The standard InChI is InChI=1S/C11H19N5O2/c1-8(16-5-3-2-4-6-16)10(17)12-7-9-13-11(18)15-14-9/h8H,2-7H2,1H3,(H,12,17)(H2,13,14,15,18)/t8-/m1/s1. The number of amides is 1. The van der Waals surface area contributed by atoms with Gasteiger partial charge in [-0.1, -0.05) is 6.42 Å². The van der Waals surface area contributed by atoms with Crippen molar-refractivity contribution in [3.8, 4) is 0 Å². The number of carbonyl (C=O) groups is 1. The molecule has 0 aromatic carbocycles. The van der Waals surface area contributed by atoms with Crippen LogP contribution < -0.4 is 11.0 Å². The summed E-state index contributed by atoms with van der Waals surface area (Å²) in [5.74, 6) is 0.417. The first-order chi connectivity index (χ1) is 8.66. The Morgan fingerprint density at radius 2 is 2.17 bits per heavy atom. The summed E-state index contributed by atoms with van der Waals surface area (Å²) in [7, 11) is 0. The van der Waals surface area contributed by atoms with E-state index in [1.165, 1.54) is 6.42 Å². The van der Waals surface area contributed by atoms with E-state index in [0.717, 1.165) is 25.9 Å². The van der Waals surface area contributed by atoms with Gasteiger partial charge in [0.2, 0.25) is 5.91 Å². The van der Waals surface area contributed by atoms with Crippen LogP contribution in [0.2, 0.25) is 0 Å². The number of aromatic nitrogens is 3. The van der Waals surface area contributed by atoms with Gasteiger partial charge in [0.15, 0.2) is 0 Å². The number of hydrogen-bond donors (Lipinski definition) is 3. The van der Waals surface area contributed by atoms with E-state index in [1.54, 1.807) is 0 Å². The van der Waals surface area contributed by atoms with Crippen molar-refractivity contribution in [2.24, 2.45) is 0 Å². The summed E-state index contributed by atoms with van der Waals surface area (Å²) in [6, 6.07) is -0.129. The number of piperidine rings is 1. The zero-order valence-electron chi connectivity index (χ0n) is 10.5. The van der Waals surface area contributed by atoms with E-state index >= 15 is 0 Å². The largest absolute Gasteiger partial charge is 0.347 e. The third-order valence-corrected chi connectivity index (χ3v) is 3.30. The van der Waals surface area contributed by atoms with Crippen LogP contribution in [0.15, 0.2) is 4.79 Å². The van der Waals surface area contributed by atoms with Crippen molar-refractivity contribution in [3.05, 3.63) is 16.3 Å². The van der Waals surface area contributed by atoms with E-state index in [-0.39, 0.29) is 24.2 Å². The molecule has 2 heterocycles. The Kier molecular flexibility index (Phi) is 4.14. The molecule has 3 N–H and O–H groups in total. The SMILES string of the molecule is C[C@H](C(=O)NCc1n[nH]c(=O)[nH]1)N1CCCCC1. The van der Waals surface area contributed by atoms with Gasteiger partial charge in [-0.2, -0.15) is 5.10 Å². The van der Waals surface area contributed by atoms with Gasteiger partial charge in [0.1, 0.15) is 5.82 Å². The number of aromatic amines is 2. The highest BCUT2D eigenvalue weighted by molar-refractivity contribution is 5.81. The van der Waals surface area contributed by atoms with E-state index in [0.29, 0.717) is 5.82 Å². The molecule has 0 spiro atoms. The maximum atomic E-state index is 11.9. The monoisotopic (exact) mass is 253 g/mol. The third-order valence-electron chi connectivity index (χ3n) is 3.30. The molecule has 100 valence electrons. The molecule has 2 rings (SSSR count). The van der Waals surface area contributed by atoms with Crippen molar-refractivity contribution in [1.29, 1.82) is 0 Å². The molecule has 1 fully saturated rings. The molecule has 1 atom stereocenters. The van der Waals surface area contributed by atoms with Crippen LogP contribution in [0.1, 0.15) is 32.0 Å². The Hall–Kier alpha value is -1.63. The molecule has 7 nitrogen and oxygen atoms in total. The molecule has 7 heteroatoms. The molecule has 1 aliphatic rings. The van der Waals surface area contributed by atoms with Gasteiger partial charge in [-0.05, 0) is 32.9 Å². The Morgan fingerprint density at radius 1 is 1.44 bits per heavy atom. The Morgan fingerprint density at radius 3 is 2.78 bits per heavy atom. The van der Waals surface area contributed by atoms with Gasteiger partial charge in [0.05, 0.1) is 12.6 Å². The van der Waals surface area contributed by atoms with Gasteiger partial charge in [0, 0.05) is 0 Å². The second-order valence-electron chi connectivity index (χ2n) is 4.61. The number of hydrogen-bond acceptors (Lipinski definition) is 4. The third kappa shape index (κ3) is 3.19. The Balaban J connectivity index is 1.81. The molecular weight excluding hydrogens is 234 g/mol. The first kappa shape index (κ1) is 12.8. The molecule has 1 aromatic rings. The van der Waals surface area contributed by atoms with Gasteiger partial charge in [-0.3, -0.25) is 14.7 Å². The zero-order valence-corrected chi connectivity index (χ0v) is 10.5. The van der Waals surface area contributed by atoms with Crippen LogP contribution in [0, 0.1) is 0 Å². The molecule has 1 aliphatic heterocycles. The van der Waals surface area contributed by atoms with Gasteiger partial charge in [-0.15, -0.1) is 0 Å². The lowest BCUT2D eigenvalue weighted by Gasteiger charge is -2.31. The van der Waals surface area contributed by atoms with E-state index in [1.807, 2.05) is 6.92 Å². The van der Waals surface area contributed by atoms with Gasteiger partial charge >= 0.3 is 5.69 Å². The molecule has 1 amide bonds. The maximum absolute atomic E-state index is 11.9. The van der Waals surface area contributed by atoms with Crippen molar-refractivity contribution in [2.45, 2.75) is 38.8 Å². The number of H-pyrrole nitrogens is 2. The predicted octanol–water partition coefficient (Wildman–Crippen LogP) is -0.411. The lowest BCUT2D eigenvalue weighted by atomic mass is 10.1. The van der Waals surface area contributed by atoms with E-state index < -0.39 is 0 Å². The fourth-order valence-corrected chi connectivity index (χ4v) is 2.18. The number of likely N-dealkylation sites (tertiary alicyclic amines) is 1. The maximum Gasteiger partial charge on any atom is 0.340 e. The fourth-order valence-electron chi connectivity index (χ4n) is 2.18. The van der Waals surface area contributed by atoms with Crippen LogP contribution in [-0.4, -0.2) is 45.1 Å². The first-order valence-corrected chi connectivity index (χ1v) is 6.32. The second-order valence-corrected chi connectivity index (χ2v) is 4.61. The Bertz CT molecular complexity index is 446. The number of nitrogens with one attached hydrogen (secondary N) is 3. The lowest BCUT2D eigenvalue weighted by Crippen LogP contribution is -2.47. The van der Waals surface area contributed by atoms with Crippen LogP contribution in [0.3, 0.4) is 0 Å². The van der Waals surface area contributed by atoms with E-state index in [2.05, 4.69) is 25.4 Å². The minimum Gasteiger partial charge on any atom is -0.347 e. The Labute approximate surface area is 105 Å². The minimum atomic E-state index is -0.358. The zero-order chi connectivity index (χ0) is 13.0. The van der Waals surface area contributed by atoms with Crippen LogP contribution >= 0.6 is 0 Å². The summed E-state index contributed by atoms with van der Waals surface area (Å²) in [5, 5.41) is 8.78. The smallest absolute Gasteiger partial charge is 0.340 e. The van der Waals surface area contributed by atoms with Crippen molar-refractivity contribution in [2.75, 3.05) is 13.1 Å². The molecule has 1 saturated heterocycles. The predicted molar refractivity (Wildman–Crippen MR) is 65.9 cm³/mol. The summed E-state index contributed by atoms with van der Waals surface area (Å²) >= 11 is 0. The fraction of sp³-hybridized carbons (Fsp3) is 0.727. The highest BCUT2D eigenvalue weighted by atomic mass is 16.2. The van der Waals surface area contributed by atoms with Crippen LogP contribution in [0.5, 0.6) is 0 Å². The summed E-state index contributed by atoms with van der Waals surface area (Å²) in [6.45, 7) is 4.12. The average Bonchev–Trinajstić information content (AvgIpc) is 2.82. The molecule has 0 saturated carbocycles. The van der Waals surface area contributed by atoms with Crippen LogP contribution in [-0.2, 0) is 11.3 Å². The number of rotatable bonds is 4. The number of carbonyl (C=O) groups excluding carboxylic acids is 1. The van der Waals surface area contributed by atoms with Crippen molar-refractivity contribution < 1.29 is 4.79 Å². The van der Waals surface area contributed by atoms with Crippen LogP contribution in [0.4, 0.5) is 0 Å². The first-order valence-electron chi connectivity index (χ1n) is 6.32. The van der Waals surface area contributed by atoms with Crippen molar-refractivity contribution >= 4 is 5.91 Å². The summed E-state index contributed by atoms with van der Waals surface area (Å²) < 4.78 is 0. The van der Waals surface area contributed by atoms with E-state index in [4.69, 9.17) is 0 Å². The molecule has 0 radical (unpaired) electrons.